The molecule has 3 rings (SSSR count). The van der Waals surface area contributed by atoms with E-state index >= 15 is 0 Å². The average Bonchev–Trinajstić information content (AvgIpc) is 2.69. The predicted octanol–water partition coefficient (Wildman–Crippen LogP) is 5.66. The Balaban J connectivity index is 2.17. The van der Waals surface area contributed by atoms with E-state index in [0.29, 0.717) is 29.2 Å². The molecule has 0 aliphatic rings. The Morgan fingerprint density at radius 1 is 1.00 bits per heavy atom. The molecule has 0 spiro atoms. The largest absolute Gasteiger partial charge is 0.454 e. The molecule has 0 saturated carbocycles. The quantitative estimate of drug-likeness (QED) is 0.332. The fourth-order valence-corrected chi connectivity index (χ4v) is 2.98. The van der Waals surface area contributed by atoms with E-state index in [2.05, 4.69) is 0 Å². The zero-order valence-corrected chi connectivity index (χ0v) is 15.9. The molecule has 0 aliphatic carbocycles. The molecule has 0 amide bonds. The van der Waals surface area contributed by atoms with Gasteiger partial charge in [0.25, 0.3) is 0 Å². The van der Waals surface area contributed by atoms with Crippen LogP contribution >= 0.6 is 0 Å². The molecule has 0 fully saturated rings. The predicted molar refractivity (Wildman–Crippen MR) is 107 cm³/mol. The van der Waals surface area contributed by atoms with Crippen molar-refractivity contribution in [3.8, 4) is 22.6 Å². The number of nitrogens with two attached hydrogens (primary N) is 1. The highest BCUT2D eigenvalue weighted by atomic mass is 19.1. The number of nitrogen functional groups attached to an aromatic ring is 1. The van der Waals surface area contributed by atoms with E-state index in [4.69, 9.17) is 10.5 Å². The number of ether oxygens (including phenoxy) is 1. The first kappa shape index (κ1) is 20.2. The highest BCUT2D eigenvalue weighted by Gasteiger charge is 2.20. The van der Waals surface area contributed by atoms with E-state index in [9.17, 15) is 18.4 Å². The van der Waals surface area contributed by atoms with Crippen molar-refractivity contribution < 1.29 is 23.1 Å². The van der Waals surface area contributed by atoms with E-state index < -0.39 is 11.6 Å². The van der Waals surface area contributed by atoms with Crippen molar-refractivity contribution >= 4 is 17.8 Å². The standard InChI is InChI=1S/C23H19F2NO3/c1-13(2)23(28)17-5-3-4-16(19(17)12-27)18-11-15(26)7-9-21(18)29-22-8-6-14(24)10-20(22)25/h3-13H,26H2,1-2H3. The first-order chi connectivity index (χ1) is 13.8. The molecule has 0 aliphatic heterocycles. The summed E-state index contributed by atoms with van der Waals surface area (Å²) in [5.41, 5.74) is 7.62. The molecule has 3 aromatic carbocycles. The number of benzene rings is 3. The van der Waals surface area contributed by atoms with Gasteiger partial charge in [-0.2, -0.15) is 0 Å². The second-order valence-corrected chi connectivity index (χ2v) is 6.84. The molecule has 6 heteroatoms. The molecule has 2 N–H and O–H groups in total. The Bertz CT molecular complexity index is 1090. The smallest absolute Gasteiger partial charge is 0.168 e. The van der Waals surface area contributed by atoms with Gasteiger partial charge in [0.15, 0.2) is 23.6 Å². The summed E-state index contributed by atoms with van der Waals surface area (Å²) in [6, 6.07) is 12.5. The van der Waals surface area contributed by atoms with Crippen LogP contribution in [-0.2, 0) is 0 Å². The van der Waals surface area contributed by atoms with Gasteiger partial charge in [0.2, 0.25) is 0 Å². The number of rotatable bonds is 6. The van der Waals surface area contributed by atoms with Crippen molar-refractivity contribution in [3.63, 3.8) is 0 Å². The normalized spacial score (nSPS) is 10.8. The summed E-state index contributed by atoms with van der Waals surface area (Å²) in [5, 5.41) is 0. The van der Waals surface area contributed by atoms with Crippen LogP contribution in [0.1, 0.15) is 34.6 Å². The zero-order valence-electron chi connectivity index (χ0n) is 15.9. The number of carbonyl (C=O) groups excluding carboxylic acids is 2. The number of hydrogen-bond acceptors (Lipinski definition) is 4. The Morgan fingerprint density at radius 2 is 1.72 bits per heavy atom. The molecular formula is C23H19F2NO3. The summed E-state index contributed by atoms with van der Waals surface area (Å²) in [4.78, 5) is 24.4. The SMILES string of the molecule is CC(C)C(=O)c1cccc(-c2cc(N)ccc2Oc2ccc(F)cc2F)c1C=O. The van der Waals surface area contributed by atoms with Gasteiger partial charge in [-0.15, -0.1) is 0 Å². The summed E-state index contributed by atoms with van der Waals surface area (Å²) < 4.78 is 32.9. The zero-order chi connectivity index (χ0) is 21.1. The van der Waals surface area contributed by atoms with E-state index in [0.717, 1.165) is 6.07 Å². The van der Waals surface area contributed by atoms with Gasteiger partial charge in [-0.3, -0.25) is 9.59 Å². The Morgan fingerprint density at radius 3 is 2.38 bits per heavy atom. The number of ketones is 1. The van der Waals surface area contributed by atoms with Crippen LogP contribution < -0.4 is 10.5 Å². The number of halogens is 2. The lowest BCUT2D eigenvalue weighted by Crippen LogP contribution is -2.11. The van der Waals surface area contributed by atoms with Crippen LogP contribution in [0.25, 0.3) is 11.1 Å². The van der Waals surface area contributed by atoms with Crippen molar-refractivity contribution in [1.82, 2.24) is 0 Å². The topological polar surface area (TPSA) is 69.4 Å². The van der Waals surface area contributed by atoms with Gasteiger partial charge >= 0.3 is 0 Å². The van der Waals surface area contributed by atoms with Crippen molar-refractivity contribution in [2.45, 2.75) is 13.8 Å². The van der Waals surface area contributed by atoms with Gasteiger partial charge in [0, 0.05) is 34.4 Å². The van der Waals surface area contributed by atoms with Gasteiger partial charge < -0.3 is 10.5 Å². The lowest BCUT2D eigenvalue weighted by Gasteiger charge is -2.16. The number of hydrogen-bond donors (Lipinski definition) is 1. The lowest BCUT2D eigenvalue weighted by molar-refractivity contribution is 0.0934. The van der Waals surface area contributed by atoms with Crippen LogP contribution in [-0.4, -0.2) is 12.1 Å². The molecule has 0 aromatic heterocycles. The molecule has 0 radical (unpaired) electrons. The van der Waals surface area contributed by atoms with Crippen molar-refractivity contribution in [2.24, 2.45) is 5.92 Å². The summed E-state index contributed by atoms with van der Waals surface area (Å²) >= 11 is 0. The van der Waals surface area contributed by atoms with Gasteiger partial charge in [0.1, 0.15) is 11.6 Å². The Hall–Kier alpha value is -3.54. The Kier molecular flexibility index (Phi) is 5.73. The molecule has 0 heterocycles. The number of Topliss-reactive ketones (excluding diaryl/α,β-unsaturated/α-hetero) is 1. The van der Waals surface area contributed by atoms with Crippen LogP contribution in [0, 0.1) is 17.6 Å². The van der Waals surface area contributed by atoms with Gasteiger partial charge in [0.05, 0.1) is 0 Å². The lowest BCUT2D eigenvalue weighted by atomic mass is 9.90. The first-order valence-corrected chi connectivity index (χ1v) is 8.97. The first-order valence-electron chi connectivity index (χ1n) is 8.97. The van der Waals surface area contributed by atoms with Crippen molar-refractivity contribution in [1.29, 1.82) is 0 Å². The molecule has 0 bridgehead atoms. The highest BCUT2D eigenvalue weighted by Crippen LogP contribution is 2.38. The molecule has 3 aromatic rings. The fraction of sp³-hybridized carbons (Fsp3) is 0.130. The highest BCUT2D eigenvalue weighted by molar-refractivity contribution is 6.07. The van der Waals surface area contributed by atoms with E-state index in [1.54, 1.807) is 44.2 Å². The van der Waals surface area contributed by atoms with E-state index in [-0.39, 0.29) is 34.3 Å². The van der Waals surface area contributed by atoms with Crippen LogP contribution in [0.2, 0.25) is 0 Å². The summed E-state index contributed by atoms with van der Waals surface area (Å²) in [7, 11) is 0. The van der Waals surface area contributed by atoms with Gasteiger partial charge in [-0.1, -0.05) is 32.0 Å². The van der Waals surface area contributed by atoms with Crippen molar-refractivity contribution in [2.75, 3.05) is 5.73 Å². The number of aldehydes is 1. The molecule has 29 heavy (non-hydrogen) atoms. The number of carbonyl (C=O) groups is 2. The maximum absolute atomic E-state index is 14.1. The second kappa shape index (κ2) is 8.22. The Labute approximate surface area is 166 Å². The fourth-order valence-electron chi connectivity index (χ4n) is 2.98. The maximum atomic E-state index is 14.1. The maximum Gasteiger partial charge on any atom is 0.168 e. The average molecular weight is 395 g/mol. The molecule has 0 unspecified atom stereocenters. The van der Waals surface area contributed by atoms with E-state index in [1.807, 2.05) is 0 Å². The molecular weight excluding hydrogens is 376 g/mol. The summed E-state index contributed by atoms with van der Waals surface area (Å²) in [6.07, 6.45) is 0.608. The minimum Gasteiger partial charge on any atom is -0.454 e. The van der Waals surface area contributed by atoms with Crippen LogP contribution in [0.5, 0.6) is 11.5 Å². The second-order valence-electron chi connectivity index (χ2n) is 6.84. The van der Waals surface area contributed by atoms with Crippen LogP contribution in [0.4, 0.5) is 14.5 Å². The van der Waals surface area contributed by atoms with Crippen LogP contribution in [0.3, 0.4) is 0 Å². The third-order valence-corrected chi connectivity index (χ3v) is 4.42. The minimum absolute atomic E-state index is 0.176. The summed E-state index contributed by atoms with van der Waals surface area (Å²) in [5.74, 6) is -2.04. The van der Waals surface area contributed by atoms with Crippen LogP contribution in [0.15, 0.2) is 54.6 Å². The third-order valence-electron chi connectivity index (χ3n) is 4.42. The number of anilines is 1. The molecule has 0 saturated heterocycles. The van der Waals surface area contributed by atoms with Crippen molar-refractivity contribution in [3.05, 3.63) is 77.4 Å². The molecule has 4 nitrogen and oxygen atoms in total. The van der Waals surface area contributed by atoms with E-state index in [1.165, 1.54) is 12.1 Å². The minimum atomic E-state index is -0.868. The van der Waals surface area contributed by atoms with Gasteiger partial charge in [-0.05, 0) is 35.9 Å². The molecule has 0 atom stereocenters. The third kappa shape index (κ3) is 4.16. The summed E-state index contributed by atoms with van der Waals surface area (Å²) in [6.45, 7) is 3.49. The monoisotopic (exact) mass is 395 g/mol. The molecule has 148 valence electrons. The van der Waals surface area contributed by atoms with Gasteiger partial charge in [-0.25, -0.2) is 8.78 Å².